The minimum absolute atomic E-state index is 0.00121. The molecule has 2 unspecified atom stereocenters. The van der Waals surface area contributed by atoms with E-state index in [-0.39, 0.29) is 17.3 Å². The fourth-order valence-corrected chi connectivity index (χ4v) is 9.07. The topological polar surface area (TPSA) is 123 Å². The fourth-order valence-electron chi connectivity index (χ4n) is 4.98. The molecule has 40 heavy (non-hydrogen) atoms. The van der Waals surface area contributed by atoms with Gasteiger partial charge in [0.1, 0.15) is 16.3 Å². The molecule has 0 aliphatic heterocycles. The lowest BCUT2D eigenvalue weighted by atomic mass is 9.99. The van der Waals surface area contributed by atoms with Gasteiger partial charge in [-0.15, -0.1) is 0 Å². The van der Waals surface area contributed by atoms with Gasteiger partial charge in [0.15, 0.2) is 15.1 Å². The number of hydrogen-bond acceptors (Lipinski definition) is 6. The van der Waals surface area contributed by atoms with Crippen molar-refractivity contribution in [1.29, 1.82) is 0 Å². The van der Waals surface area contributed by atoms with Crippen LogP contribution in [0, 0.1) is 0 Å². The number of nitrogens with zero attached hydrogens (tertiary/aromatic N) is 2. The Kier molecular flexibility index (Phi) is 11.1. The van der Waals surface area contributed by atoms with Crippen LogP contribution in [-0.2, 0) is 24.4 Å². The number of rotatable bonds is 16. The van der Waals surface area contributed by atoms with Gasteiger partial charge in [-0.05, 0) is 49.4 Å². The first kappa shape index (κ1) is 31.6. The minimum Gasteiger partial charge on any atom is -0.496 e. The van der Waals surface area contributed by atoms with E-state index in [2.05, 4.69) is 18.6 Å². The van der Waals surface area contributed by atoms with Crippen molar-refractivity contribution in [2.24, 2.45) is 0 Å². The highest BCUT2D eigenvalue weighted by molar-refractivity contribution is 8.06. The summed E-state index contributed by atoms with van der Waals surface area (Å²) in [5, 5.41) is -0.529. The SMILES string of the molecule is CCCCCCOC1=CC=CC(C)(S(=O)(=O)c2cccc3ccc(OCCCCCC)cc23)C1S(=O)(=O)C=[N+]=[N-]. The van der Waals surface area contributed by atoms with Gasteiger partial charge in [0, 0.05) is 5.39 Å². The predicted octanol–water partition coefficient (Wildman–Crippen LogP) is 6.42. The first-order valence-electron chi connectivity index (χ1n) is 14.0. The average molecular weight is 589 g/mol. The van der Waals surface area contributed by atoms with Gasteiger partial charge in [-0.2, -0.15) is 4.79 Å². The van der Waals surface area contributed by atoms with Crippen LogP contribution in [0.1, 0.15) is 72.1 Å². The van der Waals surface area contributed by atoms with Crippen molar-refractivity contribution < 1.29 is 31.1 Å². The molecule has 0 amide bonds. The Bertz CT molecular complexity index is 1490. The van der Waals surface area contributed by atoms with E-state index in [0.29, 0.717) is 35.1 Å². The van der Waals surface area contributed by atoms with Crippen molar-refractivity contribution in [3.05, 3.63) is 65.9 Å². The molecule has 10 heteroatoms. The van der Waals surface area contributed by atoms with Gasteiger partial charge < -0.3 is 15.0 Å². The van der Waals surface area contributed by atoms with Crippen LogP contribution in [0.15, 0.2) is 65.3 Å². The van der Waals surface area contributed by atoms with Crippen molar-refractivity contribution in [2.45, 2.75) is 87.0 Å². The van der Waals surface area contributed by atoms with E-state index in [1.807, 2.05) is 0 Å². The quantitative estimate of drug-likeness (QED) is 0.0733. The highest BCUT2D eigenvalue weighted by Crippen LogP contribution is 2.42. The number of ether oxygens (including phenoxy) is 2. The molecule has 0 radical (unpaired) electrons. The van der Waals surface area contributed by atoms with E-state index < -0.39 is 29.7 Å². The van der Waals surface area contributed by atoms with Crippen molar-refractivity contribution in [2.75, 3.05) is 13.2 Å². The lowest BCUT2D eigenvalue weighted by molar-refractivity contribution is 0.00741. The molecule has 0 aromatic heterocycles. The lowest BCUT2D eigenvalue weighted by Crippen LogP contribution is -2.52. The molecule has 2 aromatic carbocycles. The molecular weight excluding hydrogens is 548 g/mol. The van der Waals surface area contributed by atoms with Crippen LogP contribution in [0.3, 0.4) is 0 Å². The predicted molar refractivity (Wildman–Crippen MR) is 159 cm³/mol. The Morgan fingerprint density at radius 2 is 1.60 bits per heavy atom. The third kappa shape index (κ3) is 7.03. The van der Waals surface area contributed by atoms with E-state index in [4.69, 9.17) is 15.0 Å². The second kappa shape index (κ2) is 14.1. The Morgan fingerprint density at radius 3 is 2.25 bits per heavy atom. The van der Waals surface area contributed by atoms with Crippen LogP contribution >= 0.6 is 0 Å². The molecule has 0 N–H and O–H groups in total. The zero-order valence-corrected chi connectivity index (χ0v) is 25.2. The Balaban J connectivity index is 2.04. The van der Waals surface area contributed by atoms with Crippen LogP contribution in [0.5, 0.6) is 5.75 Å². The summed E-state index contributed by atoms with van der Waals surface area (Å²) in [5.41, 5.74) is 9.50. The summed E-state index contributed by atoms with van der Waals surface area (Å²) in [6, 6.07) is 10.2. The van der Waals surface area contributed by atoms with Gasteiger partial charge >= 0.3 is 5.55 Å². The van der Waals surface area contributed by atoms with Gasteiger partial charge in [0.05, 0.1) is 18.1 Å². The molecule has 8 nitrogen and oxygen atoms in total. The van der Waals surface area contributed by atoms with Crippen molar-refractivity contribution in [3.8, 4) is 5.75 Å². The molecule has 0 fully saturated rings. The van der Waals surface area contributed by atoms with E-state index in [9.17, 15) is 16.8 Å². The van der Waals surface area contributed by atoms with Gasteiger partial charge in [0.25, 0.3) is 9.84 Å². The Morgan fingerprint density at radius 1 is 0.925 bits per heavy atom. The van der Waals surface area contributed by atoms with Crippen molar-refractivity contribution >= 4 is 36.0 Å². The van der Waals surface area contributed by atoms with Crippen LogP contribution in [-0.4, -0.2) is 50.4 Å². The van der Waals surface area contributed by atoms with Crippen molar-refractivity contribution in [1.82, 2.24) is 0 Å². The van der Waals surface area contributed by atoms with E-state index in [1.165, 1.54) is 31.2 Å². The third-order valence-corrected chi connectivity index (χ3v) is 11.6. The molecule has 2 atom stereocenters. The normalized spacial score (nSPS) is 19.2. The maximum Gasteiger partial charge on any atom is 0.371 e. The molecule has 0 heterocycles. The highest BCUT2D eigenvalue weighted by atomic mass is 32.2. The first-order valence-corrected chi connectivity index (χ1v) is 17.1. The minimum atomic E-state index is -4.40. The monoisotopic (exact) mass is 588 g/mol. The van der Waals surface area contributed by atoms with Crippen LogP contribution in [0.25, 0.3) is 16.3 Å². The smallest absolute Gasteiger partial charge is 0.371 e. The van der Waals surface area contributed by atoms with Crippen LogP contribution in [0.4, 0.5) is 0 Å². The summed E-state index contributed by atoms with van der Waals surface area (Å²) in [7, 11) is -8.75. The molecule has 1 aliphatic carbocycles. The summed E-state index contributed by atoms with van der Waals surface area (Å²) in [6.07, 6.45) is 12.2. The summed E-state index contributed by atoms with van der Waals surface area (Å²) in [6.45, 7) is 6.35. The summed E-state index contributed by atoms with van der Waals surface area (Å²) in [5.74, 6) is 0.546. The number of fused-ring (bicyclic) bond motifs is 1. The maximum atomic E-state index is 14.4. The van der Waals surface area contributed by atoms with Gasteiger partial charge in [-0.25, -0.2) is 16.8 Å². The molecule has 3 rings (SSSR count). The number of benzene rings is 2. The Labute approximate surface area is 238 Å². The molecular formula is C30H40N2O6S2. The molecule has 2 aromatic rings. The number of allylic oxidation sites excluding steroid dienone is 2. The van der Waals surface area contributed by atoms with Gasteiger partial charge in [0.2, 0.25) is 0 Å². The van der Waals surface area contributed by atoms with Crippen LogP contribution in [0.2, 0.25) is 0 Å². The summed E-state index contributed by atoms with van der Waals surface area (Å²) < 4.78 is 65.5. The molecule has 0 saturated carbocycles. The summed E-state index contributed by atoms with van der Waals surface area (Å²) in [4.78, 5) is 2.72. The second-order valence-electron chi connectivity index (χ2n) is 10.3. The molecule has 0 saturated heterocycles. The van der Waals surface area contributed by atoms with E-state index in [1.54, 1.807) is 30.3 Å². The van der Waals surface area contributed by atoms with Crippen LogP contribution < -0.4 is 4.74 Å². The fraction of sp³-hybridized carbons (Fsp3) is 0.500. The lowest BCUT2D eigenvalue weighted by Gasteiger charge is -2.36. The molecule has 1 aliphatic rings. The highest BCUT2D eigenvalue weighted by Gasteiger charge is 2.55. The van der Waals surface area contributed by atoms with Gasteiger partial charge in [-0.1, -0.05) is 82.7 Å². The maximum absolute atomic E-state index is 14.4. The van der Waals surface area contributed by atoms with Gasteiger partial charge in [-0.3, -0.25) is 0 Å². The van der Waals surface area contributed by atoms with Crippen molar-refractivity contribution in [3.63, 3.8) is 0 Å². The Hall–Kier alpha value is -2.94. The number of sulfone groups is 2. The summed E-state index contributed by atoms with van der Waals surface area (Å²) >= 11 is 0. The largest absolute Gasteiger partial charge is 0.496 e. The third-order valence-electron chi connectivity index (χ3n) is 7.20. The van der Waals surface area contributed by atoms with E-state index >= 15 is 0 Å². The number of unbranched alkanes of at least 4 members (excludes halogenated alkanes) is 6. The number of hydrogen-bond donors (Lipinski definition) is 0. The molecule has 0 spiro atoms. The standard InChI is InChI=1S/C30H40N2O6S2/c1-4-6-8-10-20-37-25-18-17-24-14-12-16-28(26(24)22-25)40(35,36)30(3)19-13-15-27(38-21-11-9-7-5-2)29(30)39(33,34)23-32-31/h12-19,22-23,29H,4-11,20-21H2,1-3H3. The molecule has 0 bridgehead atoms. The molecule has 218 valence electrons. The average Bonchev–Trinajstić information content (AvgIpc) is 2.92. The second-order valence-corrected chi connectivity index (χ2v) is 14.4. The van der Waals surface area contributed by atoms with E-state index in [0.717, 1.165) is 44.9 Å². The first-order chi connectivity index (χ1) is 19.1. The zero-order chi connectivity index (χ0) is 29.2. The zero-order valence-electron chi connectivity index (χ0n) is 23.6.